The number of hydrogen-bond acceptors (Lipinski definition) is 9. The number of aliphatic hydroxyl groups is 1. The van der Waals surface area contributed by atoms with E-state index in [1.54, 1.807) is 12.5 Å². The third kappa shape index (κ3) is 6.37. The van der Waals surface area contributed by atoms with Crippen molar-refractivity contribution in [2.24, 2.45) is 5.73 Å². The second kappa shape index (κ2) is 9.01. The number of imidazole rings is 1. The summed E-state index contributed by atoms with van der Waals surface area (Å²) in [5.74, 6) is -1.35. The van der Waals surface area contributed by atoms with Crippen LogP contribution in [0.2, 0.25) is 0 Å². The van der Waals surface area contributed by atoms with Crippen LogP contribution in [0.5, 0.6) is 0 Å². The molecule has 0 saturated carbocycles. The van der Waals surface area contributed by atoms with Gasteiger partial charge in [-0.05, 0) is 19.8 Å². The van der Waals surface area contributed by atoms with Crippen LogP contribution in [-0.2, 0) is 28.0 Å². The zero-order valence-electron chi connectivity index (χ0n) is 14.4. The van der Waals surface area contributed by atoms with E-state index < -0.39 is 34.4 Å². The van der Waals surface area contributed by atoms with Crippen molar-refractivity contribution in [3.63, 3.8) is 0 Å². The highest BCUT2D eigenvalue weighted by atomic mass is 32.2. The molecule has 0 fully saturated rings. The van der Waals surface area contributed by atoms with Crippen molar-refractivity contribution < 1.29 is 27.9 Å². The average molecular weight is 403 g/mol. The number of rotatable bonds is 11. The number of hydrogen-bond donors (Lipinski definition) is 6. The smallest absolute Gasteiger partial charge is 0.324 e. The molecular formula is C13H21N7O6S. The minimum absolute atomic E-state index is 0.0451. The van der Waals surface area contributed by atoms with Gasteiger partial charge in [0, 0.05) is 11.9 Å². The van der Waals surface area contributed by atoms with E-state index in [0.29, 0.717) is 12.8 Å². The first-order valence-corrected chi connectivity index (χ1v) is 9.39. The first-order chi connectivity index (χ1) is 12.7. The Morgan fingerprint density at radius 3 is 2.81 bits per heavy atom. The second-order valence-corrected chi connectivity index (χ2v) is 7.30. The molecule has 0 amide bonds. The zero-order valence-corrected chi connectivity index (χ0v) is 15.2. The molecule has 0 radical (unpaired) electrons. The first-order valence-electron chi connectivity index (χ1n) is 7.91. The number of aromatic nitrogens is 4. The number of nitrogens with one attached hydrogen (secondary N) is 3. The predicted molar refractivity (Wildman–Crippen MR) is 90.1 cm³/mol. The van der Waals surface area contributed by atoms with Gasteiger partial charge in [-0.1, -0.05) is 5.16 Å². The SMILES string of the molecule is CC(O)C(NS(=O)(=O)NCc1nc([C@@H](N)CCc2cnc[nH]2)no1)C(=O)O. The molecule has 2 aromatic heterocycles. The summed E-state index contributed by atoms with van der Waals surface area (Å²) in [4.78, 5) is 21.8. The monoisotopic (exact) mass is 403 g/mol. The van der Waals surface area contributed by atoms with Crippen LogP contribution >= 0.6 is 0 Å². The zero-order chi connectivity index (χ0) is 20.0. The van der Waals surface area contributed by atoms with Crippen LogP contribution < -0.4 is 15.2 Å². The lowest BCUT2D eigenvalue weighted by Gasteiger charge is -2.16. The Labute approximate surface area is 154 Å². The van der Waals surface area contributed by atoms with Crippen molar-refractivity contribution in [2.45, 2.75) is 44.5 Å². The average Bonchev–Trinajstić information content (AvgIpc) is 3.27. The molecule has 27 heavy (non-hydrogen) atoms. The predicted octanol–water partition coefficient (Wildman–Crippen LogP) is -1.82. The standard InChI is InChI=1S/C13H21N7O6S/c1-7(21)11(13(22)23)20-27(24,25)17-5-10-18-12(19-26-10)9(14)3-2-8-4-15-6-16-8/h4,6-7,9,11,17,20-21H,2-3,5,14H2,1H3,(H,15,16)(H,22,23)/t7?,9-,11?/m0/s1. The maximum atomic E-state index is 11.9. The number of nitrogens with two attached hydrogens (primary N) is 1. The summed E-state index contributed by atoms with van der Waals surface area (Å²) in [6.07, 6.45) is 2.94. The van der Waals surface area contributed by atoms with Crippen molar-refractivity contribution in [3.8, 4) is 0 Å². The van der Waals surface area contributed by atoms with E-state index >= 15 is 0 Å². The molecule has 0 saturated heterocycles. The van der Waals surface area contributed by atoms with E-state index in [9.17, 15) is 18.3 Å². The van der Waals surface area contributed by atoms with Gasteiger partial charge in [0.1, 0.15) is 6.04 Å². The fraction of sp³-hybridized carbons (Fsp3) is 0.538. The van der Waals surface area contributed by atoms with E-state index in [1.807, 2.05) is 4.72 Å². The van der Waals surface area contributed by atoms with E-state index in [1.165, 1.54) is 0 Å². The number of carboxylic acid groups (broad SMARTS) is 1. The summed E-state index contributed by atoms with van der Waals surface area (Å²) >= 11 is 0. The molecule has 0 bridgehead atoms. The van der Waals surface area contributed by atoms with Crippen molar-refractivity contribution in [1.82, 2.24) is 29.6 Å². The molecule has 0 aliphatic rings. The normalized spacial score (nSPS) is 15.4. The fourth-order valence-electron chi connectivity index (χ4n) is 2.07. The molecule has 14 heteroatoms. The van der Waals surface area contributed by atoms with Crippen LogP contribution in [0.25, 0.3) is 0 Å². The van der Waals surface area contributed by atoms with Crippen molar-refractivity contribution in [1.29, 1.82) is 0 Å². The Balaban J connectivity index is 1.88. The van der Waals surface area contributed by atoms with Crippen molar-refractivity contribution >= 4 is 16.2 Å². The van der Waals surface area contributed by atoms with E-state index in [0.717, 1.165) is 12.6 Å². The van der Waals surface area contributed by atoms with Gasteiger partial charge in [-0.25, -0.2) is 4.98 Å². The summed E-state index contributed by atoms with van der Waals surface area (Å²) < 4.78 is 32.6. The number of aryl methyl sites for hydroxylation is 1. The highest BCUT2D eigenvalue weighted by Gasteiger charge is 2.28. The minimum Gasteiger partial charge on any atom is -0.480 e. The third-order valence-corrected chi connectivity index (χ3v) is 4.63. The van der Waals surface area contributed by atoms with Crippen LogP contribution in [0.4, 0.5) is 0 Å². The Morgan fingerprint density at radius 2 is 2.22 bits per heavy atom. The lowest BCUT2D eigenvalue weighted by atomic mass is 10.1. The van der Waals surface area contributed by atoms with Crippen molar-refractivity contribution in [2.75, 3.05) is 0 Å². The lowest BCUT2D eigenvalue weighted by molar-refractivity contribution is -0.141. The molecule has 150 valence electrons. The summed E-state index contributed by atoms with van der Waals surface area (Å²) in [5, 5.41) is 21.9. The van der Waals surface area contributed by atoms with Gasteiger partial charge in [-0.3, -0.25) is 4.79 Å². The van der Waals surface area contributed by atoms with Gasteiger partial charge in [0.2, 0.25) is 5.89 Å². The molecule has 0 spiro atoms. The van der Waals surface area contributed by atoms with Crippen LogP contribution in [0, 0.1) is 0 Å². The maximum Gasteiger partial charge on any atom is 0.324 e. The number of aromatic amines is 1. The topological polar surface area (TPSA) is 209 Å². The Morgan fingerprint density at radius 1 is 1.48 bits per heavy atom. The highest BCUT2D eigenvalue weighted by molar-refractivity contribution is 7.87. The molecule has 0 aliphatic heterocycles. The first kappa shape index (κ1) is 20.9. The van der Waals surface area contributed by atoms with Gasteiger partial charge in [-0.15, -0.1) is 0 Å². The van der Waals surface area contributed by atoms with Gasteiger partial charge < -0.3 is 25.5 Å². The number of aliphatic hydroxyl groups excluding tert-OH is 1. The second-order valence-electron chi connectivity index (χ2n) is 5.77. The molecule has 2 aromatic rings. The summed E-state index contributed by atoms with van der Waals surface area (Å²) in [6.45, 7) is 0.776. The van der Waals surface area contributed by atoms with Crippen LogP contribution in [-0.4, -0.2) is 56.9 Å². The molecule has 3 atom stereocenters. The van der Waals surface area contributed by atoms with E-state index in [-0.39, 0.29) is 18.3 Å². The summed E-state index contributed by atoms with van der Waals surface area (Å²) in [5.41, 5.74) is 6.88. The number of carboxylic acids is 1. The van der Waals surface area contributed by atoms with Gasteiger partial charge in [0.05, 0.1) is 25.0 Å². The summed E-state index contributed by atoms with van der Waals surface area (Å²) in [7, 11) is -4.23. The van der Waals surface area contributed by atoms with Gasteiger partial charge in [0.15, 0.2) is 5.82 Å². The van der Waals surface area contributed by atoms with Gasteiger partial charge in [0.25, 0.3) is 10.2 Å². The molecule has 2 unspecified atom stereocenters. The third-order valence-electron chi connectivity index (χ3n) is 3.54. The number of aliphatic carboxylic acids is 1. The largest absolute Gasteiger partial charge is 0.480 e. The highest BCUT2D eigenvalue weighted by Crippen LogP contribution is 2.13. The molecule has 13 nitrogen and oxygen atoms in total. The molecule has 0 aromatic carbocycles. The Bertz CT molecular complexity index is 835. The summed E-state index contributed by atoms with van der Waals surface area (Å²) in [6, 6.07) is -2.22. The van der Waals surface area contributed by atoms with Gasteiger partial charge >= 0.3 is 5.97 Å². The molecule has 0 aliphatic carbocycles. The lowest BCUT2D eigenvalue weighted by Crippen LogP contribution is -2.51. The fourth-order valence-corrected chi connectivity index (χ4v) is 3.10. The molecular weight excluding hydrogens is 382 g/mol. The molecule has 2 heterocycles. The van der Waals surface area contributed by atoms with Gasteiger partial charge in [-0.2, -0.15) is 22.8 Å². The minimum atomic E-state index is -4.23. The molecule has 2 rings (SSSR count). The number of nitrogens with zero attached hydrogens (tertiary/aromatic N) is 3. The Hall–Kier alpha value is -2.39. The van der Waals surface area contributed by atoms with E-state index in [2.05, 4.69) is 24.8 Å². The van der Waals surface area contributed by atoms with Crippen LogP contribution in [0.1, 0.15) is 36.8 Å². The quantitative estimate of drug-likeness (QED) is 0.247. The van der Waals surface area contributed by atoms with Crippen LogP contribution in [0.3, 0.4) is 0 Å². The Kier molecular flexibility index (Phi) is 6.98. The number of H-pyrrole nitrogens is 1. The number of carbonyl (C=O) groups is 1. The molecule has 7 N–H and O–H groups in total. The maximum absolute atomic E-state index is 11.9. The van der Waals surface area contributed by atoms with Crippen molar-refractivity contribution in [3.05, 3.63) is 29.9 Å². The van der Waals surface area contributed by atoms with Crippen LogP contribution in [0.15, 0.2) is 17.0 Å². The van der Waals surface area contributed by atoms with E-state index in [4.69, 9.17) is 15.4 Å².